The highest BCUT2D eigenvalue weighted by Crippen LogP contribution is 2.18. The predicted molar refractivity (Wildman–Crippen MR) is 160 cm³/mol. The fourth-order valence-corrected chi connectivity index (χ4v) is 3.77. The molecule has 0 bridgehead atoms. The average molecular weight is 583 g/mol. The Kier molecular flexibility index (Phi) is 13.9. The van der Waals surface area contributed by atoms with Gasteiger partial charge in [-0.3, -0.25) is 14.4 Å². The standard InChI is InChI=1S/C30H42N6O6/c1-9-16-36(17-10-2)27(39)22-18-21(14-13-20(22)5)33-25(37)23(12-11-15-32-28(31)40)34-26(38)24(19(3)4)35-29(41)42-30(6,7)8/h1-2,13-14,18-19,23-24H,11-12,15-17H2,3-8H3,(H,33,37)(H,34,38)(H,35,41)(H3,31,32,40)/t23-,24-/m0/s1. The SMILES string of the molecule is C#CCN(CC#C)C(=O)c1cc(NC(=O)[C@H](CCCNC(N)=O)NC(=O)[C@@H](NC(=O)OC(C)(C)C)C(C)C)ccc1C. The Bertz CT molecular complexity index is 1210. The van der Waals surface area contributed by atoms with E-state index in [0.717, 1.165) is 0 Å². The van der Waals surface area contributed by atoms with Crippen molar-refractivity contribution < 1.29 is 28.7 Å². The average Bonchev–Trinajstić information content (AvgIpc) is 2.88. The third-order valence-electron chi connectivity index (χ3n) is 5.81. The number of aryl methyl sites for hydroxylation is 1. The third kappa shape index (κ3) is 12.2. The van der Waals surface area contributed by atoms with E-state index < -0.39 is 47.5 Å². The fraction of sp³-hybridized carbons (Fsp3) is 0.500. The van der Waals surface area contributed by atoms with Gasteiger partial charge in [-0.15, -0.1) is 12.8 Å². The van der Waals surface area contributed by atoms with Crippen LogP contribution in [0.4, 0.5) is 15.3 Å². The number of hydrogen-bond acceptors (Lipinski definition) is 6. The Morgan fingerprint density at radius 3 is 2.17 bits per heavy atom. The van der Waals surface area contributed by atoms with Gasteiger partial charge >= 0.3 is 12.1 Å². The molecule has 0 aromatic heterocycles. The molecule has 0 aliphatic heterocycles. The Labute approximate surface area is 247 Å². The van der Waals surface area contributed by atoms with E-state index in [1.54, 1.807) is 53.7 Å². The molecule has 1 aromatic rings. The molecule has 12 nitrogen and oxygen atoms in total. The van der Waals surface area contributed by atoms with Crippen LogP contribution in [-0.2, 0) is 14.3 Å². The number of amides is 6. The molecule has 1 aromatic carbocycles. The lowest BCUT2D eigenvalue weighted by Crippen LogP contribution is -2.55. The molecule has 1 rings (SSSR count). The monoisotopic (exact) mass is 582 g/mol. The second-order valence-electron chi connectivity index (χ2n) is 11.0. The van der Waals surface area contributed by atoms with Gasteiger partial charge in [-0.1, -0.05) is 31.8 Å². The van der Waals surface area contributed by atoms with Crippen LogP contribution in [0.2, 0.25) is 0 Å². The van der Waals surface area contributed by atoms with Crippen LogP contribution in [-0.4, -0.2) is 72.1 Å². The summed E-state index contributed by atoms with van der Waals surface area (Å²) in [7, 11) is 0. The normalized spacial score (nSPS) is 12.1. The number of hydrogen-bond donors (Lipinski definition) is 5. The van der Waals surface area contributed by atoms with Crippen molar-refractivity contribution in [3.63, 3.8) is 0 Å². The maximum Gasteiger partial charge on any atom is 0.408 e. The van der Waals surface area contributed by atoms with Crippen molar-refractivity contribution in [2.24, 2.45) is 11.7 Å². The predicted octanol–water partition coefficient (Wildman–Crippen LogP) is 2.12. The number of benzene rings is 1. The van der Waals surface area contributed by atoms with Gasteiger partial charge in [-0.2, -0.15) is 0 Å². The van der Waals surface area contributed by atoms with E-state index in [0.29, 0.717) is 23.2 Å². The lowest BCUT2D eigenvalue weighted by Gasteiger charge is -2.27. The zero-order chi connectivity index (χ0) is 32.0. The number of ether oxygens (including phenoxy) is 1. The summed E-state index contributed by atoms with van der Waals surface area (Å²) in [4.78, 5) is 64.5. The van der Waals surface area contributed by atoms with Gasteiger partial charge in [-0.05, 0) is 64.2 Å². The molecule has 12 heteroatoms. The van der Waals surface area contributed by atoms with Crippen molar-refractivity contribution in [3.05, 3.63) is 29.3 Å². The molecule has 0 aliphatic rings. The molecule has 42 heavy (non-hydrogen) atoms. The van der Waals surface area contributed by atoms with Gasteiger partial charge in [0, 0.05) is 17.8 Å². The molecule has 0 unspecified atom stereocenters. The first-order chi connectivity index (χ1) is 19.6. The molecule has 0 spiro atoms. The van der Waals surface area contributed by atoms with Crippen LogP contribution in [0.25, 0.3) is 0 Å². The van der Waals surface area contributed by atoms with E-state index in [9.17, 15) is 24.0 Å². The number of carbonyl (C=O) groups is 5. The van der Waals surface area contributed by atoms with Crippen LogP contribution in [0.1, 0.15) is 63.4 Å². The minimum absolute atomic E-state index is 0.0147. The van der Waals surface area contributed by atoms with Crippen LogP contribution >= 0.6 is 0 Å². The summed E-state index contributed by atoms with van der Waals surface area (Å²) in [6.07, 6.45) is 10.4. The molecule has 0 saturated carbocycles. The third-order valence-corrected chi connectivity index (χ3v) is 5.81. The molecule has 0 fully saturated rings. The second kappa shape index (κ2) is 16.5. The number of terminal acetylenes is 2. The number of anilines is 1. The van der Waals surface area contributed by atoms with E-state index in [1.165, 1.54) is 11.0 Å². The van der Waals surface area contributed by atoms with Crippen LogP contribution in [0.15, 0.2) is 18.2 Å². The van der Waals surface area contributed by atoms with Crippen LogP contribution in [0, 0.1) is 37.5 Å². The molecule has 2 atom stereocenters. The van der Waals surface area contributed by atoms with Gasteiger partial charge in [0.25, 0.3) is 5.91 Å². The maximum atomic E-state index is 13.4. The molecule has 0 radical (unpaired) electrons. The van der Waals surface area contributed by atoms with Gasteiger partial charge in [-0.25, -0.2) is 9.59 Å². The Morgan fingerprint density at radius 2 is 1.64 bits per heavy atom. The van der Waals surface area contributed by atoms with Gasteiger partial charge in [0.15, 0.2) is 0 Å². The van der Waals surface area contributed by atoms with Crippen molar-refractivity contribution in [1.82, 2.24) is 20.9 Å². The van der Waals surface area contributed by atoms with Crippen LogP contribution < -0.4 is 27.0 Å². The van der Waals surface area contributed by atoms with Crippen LogP contribution in [0.3, 0.4) is 0 Å². The summed E-state index contributed by atoms with van der Waals surface area (Å²) < 4.78 is 5.28. The first-order valence-corrected chi connectivity index (χ1v) is 13.5. The van der Waals surface area contributed by atoms with E-state index >= 15 is 0 Å². The molecule has 0 heterocycles. The number of nitrogens with one attached hydrogen (secondary N) is 4. The van der Waals surface area contributed by atoms with E-state index in [-0.39, 0.29) is 32.0 Å². The molecule has 0 saturated heterocycles. The summed E-state index contributed by atoms with van der Waals surface area (Å²) in [6.45, 7) is 10.5. The topological polar surface area (TPSA) is 172 Å². The number of nitrogens with zero attached hydrogens (tertiary/aromatic N) is 1. The van der Waals surface area contributed by atoms with Crippen LogP contribution in [0.5, 0.6) is 0 Å². The largest absolute Gasteiger partial charge is 0.444 e. The zero-order valence-corrected chi connectivity index (χ0v) is 25.1. The summed E-state index contributed by atoms with van der Waals surface area (Å²) >= 11 is 0. The molecular formula is C30H42N6O6. The maximum absolute atomic E-state index is 13.4. The van der Waals surface area contributed by atoms with Gasteiger partial charge in [0.2, 0.25) is 11.8 Å². The number of rotatable bonds is 13. The quantitative estimate of drug-likeness (QED) is 0.176. The number of primary amides is 1. The summed E-state index contributed by atoms with van der Waals surface area (Å²) in [5.41, 5.74) is 5.59. The molecule has 228 valence electrons. The van der Waals surface area contributed by atoms with Crippen molar-refractivity contribution in [2.75, 3.05) is 25.0 Å². The first-order valence-electron chi connectivity index (χ1n) is 13.5. The highest BCUT2D eigenvalue weighted by atomic mass is 16.6. The van der Waals surface area contributed by atoms with Gasteiger partial charge in [0.05, 0.1) is 13.1 Å². The molecular weight excluding hydrogens is 540 g/mol. The van der Waals surface area contributed by atoms with E-state index in [1.807, 2.05) is 0 Å². The number of nitrogens with two attached hydrogens (primary N) is 1. The van der Waals surface area contributed by atoms with Crippen molar-refractivity contribution in [2.45, 2.75) is 72.1 Å². The second-order valence-corrected chi connectivity index (χ2v) is 11.0. The van der Waals surface area contributed by atoms with Crippen molar-refractivity contribution in [3.8, 4) is 24.7 Å². The van der Waals surface area contributed by atoms with E-state index in [2.05, 4.69) is 33.1 Å². The highest BCUT2D eigenvalue weighted by Gasteiger charge is 2.30. The number of carbonyl (C=O) groups excluding carboxylic acids is 5. The zero-order valence-electron chi connectivity index (χ0n) is 25.1. The number of alkyl carbamates (subject to hydrolysis) is 1. The van der Waals surface area contributed by atoms with Gasteiger partial charge in [0.1, 0.15) is 17.7 Å². The van der Waals surface area contributed by atoms with Crippen molar-refractivity contribution in [1.29, 1.82) is 0 Å². The Hall–Kier alpha value is -4.71. The first kappa shape index (κ1) is 35.3. The van der Waals surface area contributed by atoms with E-state index in [4.69, 9.17) is 23.3 Å². The summed E-state index contributed by atoms with van der Waals surface area (Å²) in [6, 6.07) is 2.00. The Balaban J connectivity index is 3.19. The smallest absolute Gasteiger partial charge is 0.408 e. The fourth-order valence-electron chi connectivity index (χ4n) is 3.77. The highest BCUT2D eigenvalue weighted by molar-refractivity contribution is 6.01. The van der Waals surface area contributed by atoms with Gasteiger partial charge < -0.3 is 36.6 Å². The summed E-state index contributed by atoms with van der Waals surface area (Å²) in [5.74, 6) is 2.91. The lowest BCUT2D eigenvalue weighted by atomic mass is 10.0. The molecule has 6 amide bonds. The minimum Gasteiger partial charge on any atom is -0.444 e. The number of urea groups is 1. The summed E-state index contributed by atoms with van der Waals surface area (Å²) in [5, 5.41) is 10.4. The lowest BCUT2D eigenvalue weighted by molar-refractivity contribution is -0.128. The molecule has 0 aliphatic carbocycles. The Morgan fingerprint density at radius 1 is 1.02 bits per heavy atom. The minimum atomic E-state index is -1.06. The molecule has 6 N–H and O–H groups in total. The van der Waals surface area contributed by atoms with Crippen molar-refractivity contribution >= 4 is 35.5 Å².